The van der Waals surface area contributed by atoms with Crippen molar-refractivity contribution < 1.29 is 4.79 Å². The van der Waals surface area contributed by atoms with Gasteiger partial charge in [-0.1, -0.05) is 60.7 Å². The van der Waals surface area contributed by atoms with Crippen molar-refractivity contribution in [3.63, 3.8) is 0 Å². The van der Waals surface area contributed by atoms with E-state index in [1.807, 2.05) is 61.5 Å². The average Bonchev–Trinajstić information content (AvgIpc) is 2.78. The molecule has 5 nitrogen and oxygen atoms in total. The van der Waals surface area contributed by atoms with E-state index >= 15 is 0 Å². The summed E-state index contributed by atoms with van der Waals surface area (Å²) in [4.78, 5) is 34.8. The Hall–Kier alpha value is -3.73. The van der Waals surface area contributed by atoms with E-state index in [9.17, 15) is 9.59 Å². The first kappa shape index (κ1) is 19.6. The zero-order chi connectivity index (χ0) is 20.9. The van der Waals surface area contributed by atoms with Gasteiger partial charge in [-0.15, -0.1) is 0 Å². The summed E-state index contributed by atoms with van der Waals surface area (Å²) in [5, 5.41) is 0.545. The number of benzene rings is 3. The van der Waals surface area contributed by atoms with Crippen LogP contribution in [-0.4, -0.2) is 27.3 Å². The van der Waals surface area contributed by atoms with E-state index < -0.39 is 0 Å². The molecular weight excluding hydrogens is 374 g/mol. The molecule has 0 atom stereocenters. The molecule has 0 fully saturated rings. The number of rotatable bonds is 6. The molecule has 0 aliphatic carbocycles. The summed E-state index contributed by atoms with van der Waals surface area (Å²) in [5.41, 5.74) is 3.24. The lowest BCUT2D eigenvalue weighted by molar-refractivity contribution is 0.0747. The van der Waals surface area contributed by atoms with Gasteiger partial charge in [0.05, 0.1) is 17.4 Å². The molecule has 0 bridgehead atoms. The first-order valence-electron chi connectivity index (χ1n) is 10.0. The topological polar surface area (TPSA) is 66.1 Å². The number of hydrogen-bond donors (Lipinski definition) is 1. The maximum atomic E-state index is 13.3. The Morgan fingerprint density at radius 1 is 0.933 bits per heavy atom. The Morgan fingerprint density at radius 2 is 1.63 bits per heavy atom. The molecule has 0 saturated heterocycles. The lowest BCUT2D eigenvalue weighted by atomic mass is 9.99. The van der Waals surface area contributed by atoms with Gasteiger partial charge in [-0.3, -0.25) is 9.59 Å². The number of carbonyl (C=O) groups excluding carboxylic acids is 1. The second kappa shape index (κ2) is 8.74. The molecule has 0 saturated carbocycles. The number of hydrogen-bond acceptors (Lipinski definition) is 3. The van der Waals surface area contributed by atoms with Crippen LogP contribution in [0.4, 0.5) is 0 Å². The molecule has 0 spiro atoms. The van der Waals surface area contributed by atoms with E-state index in [1.54, 1.807) is 17.0 Å². The lowest BCUT2D eigenvalue weighted by Crippen LogP contribution is -2.32. The molecule has 4 rings (SSSR count). The smallest absolute Gasteiger partial charge is 0.258 e. The van der Waals surface area contributed by atoms with Crippen molar-refractivity contribution in [2.45, 2.75) is 19.9 Å². The van der Waals surface area contributed by atoms with Gasteiger partial charge in [0.1, 0.15) is 5.82 Å². The van der Waals surface area contributed by atoms with Crippen LogP contribution >= 0.6 is 0 Å². The highest BCUT2D eigenvalue weighted by atomic mass is 16.2. The largest absolute Gasteiger partial charge is 0.331 e. The summed E-state index contributed by atoms with van der Waals surface area (Å²) in [6.07, 6.45) is 0.686. The highest BCUT2D eigenvalue weighted by Gasteiger charge is 2.19. The minimum atomic E-state index is -0.191. The van der Waals surface area contributed by atoms with E-state index in [2.05, 4.69) is 22.1 Å². The monoisotopic (exact) mass is 397 g/mol. The first-order chi connectivity index (χ1) is 14.7. The fourth-order valence-corrected chi connectivity index (χ4v) is 3.59. The van der Waals surface area contributed by atoms with Crippen molar-refractivity contribution >= 4 is 16.8 Å². The van der Waals surface area contributed by atoms with E-state index in [0.717, 1.165) is 11.1 Å². The summed E-state index contributed by atoms with van der Waals surface area (Å²) in [5.74, 6) is 0.411. The predicted octanol–water partition coefficient (Wildman–Crippen LogP) is 4.18. The Labute approximate surface area is 175 Å². The van der Waals surface area contributed by atoms with Crippen molar-refractivity contribution in [2.24, 2.45) is 0 Å². The van der Waals surface area contributed by atoms with Gasteiger partial charge in [-0.25, -0.2) is 4.98 Å². The van der Waals surface area contributed by atoms with Gasteiger partial charge in [0.25, 0.3) is 11.5 Å². The van der Waals surface area contributed by atoms with Crippen LogP contribution in [0.15, 0.2) is 83.7 Å². The summed E-state index contributed by atoms with van der Waals surface area (Å²) >= 11 is 0. The molecule has 150 valence electrons. The minimum Gasteiger partial charge on any atom is -0.331 e. The number of amides is 1. The van der Waals surface area contributed by atoms with Crippen LogP contribution in [0.1, 0.15) is 34.2 Å². The van der Waals surface area contributed by atoms with Crippen LogP contribution in [0.3, 0.4) is 0 Å². The van der Waals surface area contributed by atoms with Crippen LogP contribution in [0.25, 0.3) is 10.9 Å². The van der Waals surface area contributed by atoms with Crippen LogP contribution in [0.2, 0.25) is 0 Å². The highest BCUT2D eigenvalue weighted by Crippen LogP contribution is 2.17. The molecule has 1 heterocycles. The Morgan fingerprint density at radius 3 is 2.43 bits per heavy atom. The molecule has 0 aliphatic heterocycles. The van der Waals surface area contributed by atoms with Gasteiger partial charge >= 0.3 is 0 Å². The molecular formula is C25H23N3O2. The summed E-state index contributed by atoms with van der Waals surface area (Å²) in [7, 11) is 0. The zero-order valence-electron chi connectivity index (χ0n) is 16.8. The van der Waals surface area contributed by atoms with Crippen LogP contribution in [-0.2, 0) is 13.0 Å². The molecule has 1 amide bonds. The lowest BCUT2D eigenvalue weighted by Gasteiger charge is -2.22. The third-order valence-electron chi connectivity index (χ3n) is 5.16. The van der Waals surface area contributed by atoms with Crippen LogP contribution in [0.5, 0.6) is 0 Å². The Bertz CT molecular complexity index is 1230. The van der Waals surface area contributed by atoms with Crippen molar-refractivity contribution in [1.82, 2.24) is 14.9 Å². The second-order valence-electron chi connectivity index (χ2n) is 7.17. The van der Waals surface area contributed by atoms with E-state index in [-0.39, 0.29) is 18.0 Å². The third kappa shape index (κ3) is 4.15. The molecule has 5 heteroatoms. The summed E-state index contributed by atoms with van der Waals surface area (Å²) in [6.45, 7) is 2.68. The molecule has 3 aromatic carbocycles. The zero-order valence-corrected chi connectivity index (χ0v) is 16.8. The van der Waals surface area contributed by atoms with Crippen molar-refractivity contribution in [2.75, 3.05) is 6.54 Å². The first-order valence-corrected chi connectivity index (χ1v) is 10.0. The normalized spacial score (nSPS) is 10.8. The number of aromatic amines is 1. The Kier molecular flexibility index (Phi) is 5.70. The third-order valence-corrected chi connectivity index (χ3v) is 5.16. The molecule has 1 aromatic heterocycles. The fraction of sp³-hybridized carbons (Fsp3) is 0.160. The number of fused-ring (bicyclic) bond motifs is 1. The molecule has 30 heavy (non-hydrogen) atoms. The van der Waals surface area contributed by atoms with Crippen molar-refractivity contribution in [1.29, 1.82) is 0 Å². The van der Waals surface area contributed by atoms with Gasteiger partial charge < -0.3 is 9.88 Å². The van der Waals surface area contributed by atoms with Gasteiger partial charge in [-0.05, 0) is 42.7 Å². The molecule has 4 aromatic rings. The predicted molar refractivity (Wildman–Crippen MR) is 118 cm³/mol. The van der Waals surface area contributed by atoms with Crippen LogP contribution in [0, 0.1) is 0 Å². The minimum absolute atomic E-state index is 0.0696. The molecule has 0 radical (unpaired) electrons. The Balaban J connectivity index is 1.62. The number of carbonyl (C=O) groups is 1. The maximum absolute atomic E-state index is 13.3. The van der Waals surface area contributed by atoms with Gasteiger partial charge in [0.15, 0.2) is 0 Å². The number of nitrogens with zero attached hydrogens (tertiary/aromatic N) is 2. The van der Waals surface area contributed by atoms with Crippen molar-refractivity contribution in [3.8, 4) is 0 Å². The number of aromatic nitrogens is 2. The fourth-order valence-electron chi connectivity index (χ4n) is 3.59. The number of nitrogens with one attached hydrogen (secondary N) is 1. The standard InChI is InChI=1S/C25H23N3O2/c1-2-28(17-23-26-22-15-9-8-14-21(22)24(29)27-23)25(30)20-13-7-6-12-19(20)16-18-10-4-3-5-11-18/h3-15H,2,16-17H2,1H3,(H,26,27,29). The quantitative estimate of drug-likeness (QED) is 0.531. The van der Waals surface area contributed by atoms with E-state index in [1.165, 1.54) is 0 Å². The highest BCUT2D eigenvalue weighted by molar-refractivity contribution is 5.95. The SMILES string of the molecule is CCN(Cc1nc2ccccc2c(=O)[nH]1)C(=O)c1ccccc1Cc1ccccc1. The molecule has 0 unspecified atom stereocenters. The van der Waals surface area contributed by atoms with Crippen LogP contribution < -0.4 is 5.56 Å². The van der Waals surface area contributed by atoms with Gasteiger partial charge in [0.2, 0.25) is 0 Å². The van der Waals surface area contributed by atoms with Gasteiger partial charge in [-0.2, -0.15) is 0 Å². The van der Waals surface area contributed by atoms with E-state index in [0.29, 0.717) is 35.3 Å². The van der Waals surface area contributed by atoms with E-state index in [4.69, 9.17) is 0 Å². The van der Waals surface area contributed by atoms with Crippen molar-refractivity contribution in [3.05, 3.63) is 112 Å². The summed E-state index contributed by atoms with van der Waals surface area (Å²) < 4.78 is 0. The number of H-pyrrole nitrogens is 1. The second-order valence-corrected chi connectivity index (χ2v) is 7.17. The molecule has 0 aliphatic rings. The van der Waals surface area contributed by atoms with Gasteiger partial charge in [0, 0.05) is 12.1 Å². The molecule has 1 N–H and O–H groups in total. The average molecular weight is 397 g/mol. The summed E-state index contributed by atoms with van der Waals surface area (Å²) in [6, 6.07) is 25.0. The number of para-hydroxylation sites is 1. The maximum Gasteiger partial charge on any atom is 0.258 e.